The van der Waals surface area contributed by atoms with Gasteiger partial charge in [0.05, 0.1) is 36.2 Å². The fourth-order valence-corrected chi connectivity index (χ4v) is 6.74. The first-order valence-electron chi connectivity index (χ1n) is 15.3. The normalized spacial score (nSPS) is 16.2. The molecule has 3 aromatic rings. The predicted molar refractivity (Wildman–Crippen MR) is 183 cm³/mol. The van der Waals surface area contributed by atoms with Gasteiger partial charge < -0.3 is 20.3 Å². The van der Waals surface area contributed by atoms with Crippen LogP contribution in [0.5, 0.6) is 0 Å². The van der Waals surface area contributed by atoms with Gasteiger partial charge in [0.1, 0.15) is 4.75 Å². The van der Waals surface area contributed by atoms with Crippen molar-refractivity contribution in [2.75, 3.05) is 33.8 Å². The smallest absolute Gasteiger partial charge is 0.137 e. The first-order valence-corrected chi connectivity index (χ1v) is 16.4. The zero-order chi connectivity index (χ0) is 31.9. The van der Waals surface area contributed by atoms with Crippen LogP contribution < -0.4 is 10.6 Å². The van der Waals surface area contributed by atoms with Gasteiger partial charge in [-0.2, -0.15) is 0 Å². The highest BCUT2D eigenvalue weighted by atomic mass is 32.2. The summed E-state index contributed by atoms with van der Waals surface area (Å²) in [6.45, 7) is 15.2. The van der Waals surface area contributed by atoms with Crippen LogP contribution in [0.25, 0.3) is 17.0 Å². The van der Waals surface area contributed by atoms with E-state index in [1.165, 1.54) is 5.56 Å². The number of benzene rings is 2. The van der Waals surface area contributed by atoms with E-state index in [0.717, 1.165) is 52.4 Å². The molecule has 0 amide bonds. The molecule has 2 heterocycles. The van der Waals surface area contributed by atoms with Crippen LogP contribution in [0.1, 0.15) is 68.1 Å². The van der Waals surface area contributed by atoms with Crippen LogP contribution in [-0.2, 0) is 24.5 Å². The molecule has 0 bridgehead atoms. The minimum absolute atomic E-state index is 0.0129. The van der Waals surface area contributed by atoms with Crippen molar-refractivity contribution in [3.05, 3.63) is 95.2 Å². The topological polar surface area (TPSA) is 86.7 Å². The molecular formula is C36H47N5O2S. The van der Waals surface area contributed by atoms with Crippen molar-refractivity contribution in [2.45, 2.75) is 64.0 Å². The van der Waals surface area contributed by atoms with Crippen LogP contribution in [0.4, 0.5) is 0 Å². The van der Waals surface area contributed by atoms with E-state index in [0.29, 0.717) is 19.5 Å². The van der Waals surface area contributed by atoms with E-state index in [-0.39, 0.29) is 18.7 Å². The Balaban J connectivity index is 1.67. The Hall–Kier alpha value is -3.16. The molecule has 0 unspecified atom stereocenters. The lowest BCUT2D eigenvalue weighted by atomic mass is 9.95. The summed E-state index contributed by atoms with van der Waals surface area (Å²) < 4.78 is 15.3. The Bertz CT molecular complexity index is 1480. The van der Waals surface area contributed by atoms with Crippen molar-refractivity contribution < 1.29 is 9.66 Å². The van der Waals surface area contributed by atoms with E-state index in [1.54, 1.807) is 0 Å². The van der Waals surface area contributed by atoms with E-state index in [2.05, 4.69) is 66.3 Å². The second-order valence-corrected chi connectivity index (χ2v) is 14.8. The summed E-state index contributed by atoms with van der Waals surface area (Å²) in [5, 5.41) is 17.1. The van der Waals surface area contributed by atoms with Gasteiger partial charge in [-0.05, 0) is 77.5 Å². The van der Waals surface area contributed by atoms with Crippen LogP contribution in [-0.4, -0.2) is 68.4 Å². The van der Waals surface area contributed by atoms with Crippen LogP contribution in [0, 0.1) is 11.8 Å². The van der Waals surface area contributed by atoms with Gasteiger partial charge in [-0.15, -0.1) is 4.31 Å². The van der Waals surface area contributed by atoms with E-state index < -0.39 is 16.1 Å². The quantitative estimate of drug-likeness (QED) is 0.194. The molecule has 1 aromatic heterocycles. The zero-order valence-corrected chi connectivity index (χ0v) is 27.8. The molecule has 0 radical (unpaired) electrons. The Morgan fingerprint density at radius 3 is 2.61 bits per heavy atom. The number of nitrogens with zero attached hydrogens (tertiary/aromatic N) is 3. The molecule has 1 aliphatic rings. The standard InChI is InChI=1S/C36H47N5O2S/c1-26(23-37-24-29-13-9-8-10-14-29)38-27(2)32-22-31-25-41(44(43)36(3,4)5)33(18-20-42)34(31)35(39-32)30-17-11-15-28(21-30)16-12-19-40(6)7/h8-11,13-15,17,21-22,26,33,37-38,42H,2,18-20,23-25H2,1,3-7H3/t26-,33-,44-/m1/s1. The molecule has 0 saturated carbocycles. The van der Waals surface area contributed by atoms with Crippen LogP contribution in [0.2, 0.25) is 0 Å². The molecule has 0 saturated heterocycles. The molecule has 1 aliphatic heterocycles. The van der Waals surface area contributed by atoms with E-state index in [9.17, 15) is 9.66 Å². The first kappa shape index (κ1) is 33.7. The SMILES string of the molecule is C=C(N[C@H](C)CNCc1ccccc1)c1cc2c(c(-c3cccc(C#CCN(C)C)c3)n1)[C@@H](CCO)N([S@+]([O-])C(C)(C)C)C2. The zero-order valence-electron chi connectivity index (χ0n) is 27.0. The van der Waals surface area contributed by atoms with Gasteiger partial charge in [-0.3, -0.25) is 4.90 Å². The number of aromatic nitrogens is 1. The maximum absolute atomic E-state index is 13.7. The predicted octanol–water partition coefficient (Wildman–Crippen LogP) is 5.10. The Morgan fingerprint density at radius 1 is 1.18 bits per heavy atom. The molecule has 44 heavy (non-hydrogen) atoms. The molecule has 0 spiro atoms. The van der Waals surface area contributed by atoms with Crippen molar-refractivity contribution in [1.29, 1.82) is 0 Å². The highest BCUT2D eigenvalue weighted by molar-refractivity contribution is 7.90. The number of fused-ring (bicyclic) bond motifs is 1. The average molecular weight is 614 g/mol. The first-order chi connectivity index (χ1) is 21.0. The third-order valence-corrected chi connectivity index (χ3v) is 9.26. The number of nitrogens with one attached hydrogen (secondary N) is 2. The van der Waals surface area contributed by atoms with Gasteiger partial charge in [0.15, 0.2) is 0 Å². The summed E-state index contributed by atoms with van der Waals surface area (Å²) in [5.74, 6) is 6.50. The summed E-state index contributed by atoms with van der Waals surface area (Å²) in [4.78, 5) is 7.22. The summed E-state index contributed by atoms with van der Waals surface area (Å²) in [6.07, 6.45) is 0.467. The summed E-state index contributed by atoms with van der Waals surface area (Å²) >= 11 is -1.27. The van der Waals surface area contributed by atoms with E-state index in [4.69, 9.17) is 4.98 Å². The van der Waals surface area contributed by atoms with Gasteiger partial charge in [0, 0.05) is 53.8 Å². The van der Waals surface area contributed by atoms with Gasteiger partial charge in [0.25, 0.3) is 0 Å². The van der Waals surface area contributed by atoms with Gasteiger partial charge in [-0.1, -0.05) is 60.9 Å². The lowest BCUT2D eigenvalue weighted by Crippen LogP contribution is -2.42. The fourth-order valence-electron chi connectivity index (χ4n) is 5.34. The monoisotopic (exact) mass is 613 g/mol. The molecule has 3 atom stereocenters. The van der Waals surface area contributed by atoms with Crippen LogP contribution in [0.15, 0.2) is 67.2 Å². The molecule has 4 rings (SSSR count). The second kappa shape index (κ2) is 15.2. The van der Waals surface area contributed by atoms with Crippen molar-refractivity contribution in [3.8, 4) is 23.1 Å². The number of aliphatic hydroxyl groups is 1. The molecule has 234 valence electrons. The number of pyridine rings is 1. The highest BCUT2D eigenvalue weighted by Gasteiger charge is 2.44. The Kier molecular flexibility index (Phi) is 11.7. The lowest BCUT2D eigenvalue weighted by Gasteiger charge is -2.33. The fraction of sp³-hybridized carbons (Fsp3) is 0.417. The molecule has 2 aromatic carbocycles. The van der Waals surface area contributed by atoms with Crippen LogP contribution in [0.3, 0.4) is 0 Å². The van der Waals surface area contributed by atoms with Crippen molar-refractivity contribution in [3.63, 3.8) is 0 Å². The number of rotatable bonds is 12. The molecule has 3 N–H and O–H groups in total. The molecule has 0 aliphatic carbocycles. The van der Waals surface area contributed by atoms with Crippen molar-refractivity contribution >= 4 is 17.1 Å². The van der Waals surface area contributed by atoms with Crippen molar-refractivity contribution in [1.82, 2.24) is 24.8 Å². The summed E-state index contributed by atoms with van der Waals surface area (Å²) in [6, 6.07) is 20.4. The Morgan fingerprint density at radius 2 is 1.93 bits per heavy atom. The van der Waals surface area contributed by atoms with Gasteiger partial charge in [0.2, 0.25) is 0 Å². The van der Waals surface area contributed by atoms with Gasteiger partial charge >= 0.3 is 0 Å². The molecule has 7 nitrogen and oxygen atoms in total. The maximum atomic E-state index is 13.7. The minimum atomic E-state index is -1.27. The van der Waals surface area contributed by atoms with E-state index in [1.807, 2.05) is 74.4 Å². The lowest BCUT2D eigenvalue weighted by molar-refractivity contribution is 0.233. The minimum Gasteiger partial charge on any atom is -0.597 e. The molecule has 0 fully saturated rings. The third-order valence-electron chi connectivity index (χ3n) is 7.41. The Labute approximate surface area is 267 Å². The molecule has 8 heteroatoms. The number of hydrogen-bond donors (Lipinski definition) is 3. The second-order valence-electron chi connectivity index (χ2n) is 12.7. The largest absolute Gasteiger partial charge is 0.597 e. The highest BCUT2D eigenvalue weighted by Crippen LogP contribution is 2.45. The summed E-state index contributed by atoms with van der Waals surface area (Å²) in [5.41, 5.74) is 7.48. The third kappa shape index (κ3) is 8.72. The molecular weight excluding hydrogens is 566 g/mol. The average Bonchev–Trinajstić information content (AvgIpc) is 3.34. The number of aliphatic hydroxyl groups excluding tert-OH is 1. The van der Waals surface area contributed by atoms with E-state index >= 15 is 0 Å². The van der Waals surface area contributed by atoms with Crippen molar-refractivity contribution in [2.24, 2.45) is 0 Å². The van der Waals surface area contributed by atoms with Crippen LogP contribution >= 0.6 is 0 Å². The summed E-state index contributed by atoms with van der Waals surface area (Å²) in [7, 11) is 4.00. The maximum Gasteiger partial charge on any atom is 0.137 e. The van der Waals surface area contributed by atoms with Gasteiger partial charge in [-0.25, -0.2) is 4.98 Å². The number of hydrogen-bond acceptors (Lipinski definition) is 7.